The highest BCUT2D eigenvalue weighted by Crippen LogP contribution is 2.33. The largest absolute Gasteiger partial charge is 0.491 e. The van der Waals surface area contributed by atoms with Gasteiger partial charge >= 0.3 is 5.97 Å². The van der Waals surface area contributed by atoms with E-state index in [0.29, 0.717) is 17.2 Å². The topological polar surface area (TPSA) is 60.6 Å². The summed E-state index contributed by atoms with van der Waals surface area (Å²) in [6, 6.07) is 5.49. The number of ether oxygens (including phenoxy) is 3. The lowest BCUT2D eigenvalue weighted by molar-refractivity contribution is 0.0372. The van der Waals surface area contributed by atoms with Gasteiger partial charge in [-0.05, 0) is 47.6 Å². The molecule has 0 aliphatic carbocycles. The number of H-pyrrole nitrogens is 1. The molecule has 1 aromatic heterocycles. The summed E-state index contributed by atoms with van der Waals surface area (Å²) in [5.41, 5.74) is 1.19. The molecule has 23 heavy (non-hydrogen) atoms. The molecule has 1 heterocycles. The van der Waals surface area contributed by atoms with Gasteiger partial charge in [0.05, 0.1) is 23.8 Å². The van der Waals surface area contributed by atoms with E-state index in [4.69, 9.17) is 14.2 Å². The van der Waals surface area contributed by atoms with Gasteiger partial charge in [0.25, 0.3) is 0 Å². The Morgan fingerprint density at radius 3 is 2.13 bits per heavy atom. The second-order valence-electron chi connectivity index (χ2n) is 6.35. The van der Waals surface area contributed by atoms with Crippen molar-refractivity contribution < 1.29 is 19.0 Å². The molecule has 0 aliphatic heterocycles. The zero-order chi connectivity index (χ0) is 17.1. The van der Waals surface area contributed by atoms with E-state index in [1.807, 2.05) is 53.7 Å². The van der Waals surface area contributed by atoms with Crippen molar-refractivity contribution in [3.8, 4) is 11.5 Å². The van der Waals surface area contributed by atoms with Crippen molar-refractivity contribution in [3.05, 3.63) is 23.9 Å². The molecule has 2 aromatic rings. The lowest BCUT2D eigenvalue weighted by atomic mass is 10.2. The maximum atomic E-state index is 12.1. The van der Waals surface area contributed by atoms with Crippen molar-refractivity contribution in [1.82, 2.24) is 4.98 Å². The molecule has 0 fully saturated rings. The molecule has 0 unspecified atom stereocenters. The third-order valence-corrected chi connectivity index (χ3v) is 2.97. The first-order valence-electron chi connectivity index (χ1n) is 7.97. The molecule has 2 rings (SSSR count). The van der Waals surface area contributed by atoms with Gasteiger partial charge in [-0.1, -0.05) is 0 Å². The van der Waals surface area contributed by atoms with Crippen LogP contribution in [0.1, 0.15) is 52.0 Å². The molecule has 0 radical (unpaired) electrons. The number of carbonyl (C=O) groups is 1. The van der Waals surface area contributed by atoms with E-state index in [2.05, 4.69) is 4.98 Å². The van der Waals surface area contributed by atoms with Crippen molar-refractivity contribution in [3.63, 3.8) is 0 Å². The first kappa shape index (κ1) is 17.2. The average Bonchev–Trinajstić information content (AvgIpc) is 2.80. The summed E-state index contributed by atoms with van der Waals surface area (Å²) in [5.74, 6) is 1.01. The number of rotatable bonds is 6. The van der Waals surface area contributed by atoms with Crippen LogP contribution in [0.15, 0.2) is 18.2 Å². The van der Waals surface area contributed by atoms with Crippen molar-refractivity contribution in [1.29, 1.82) is 0 Å². The summed E-state index contributed by atoms with van der Waals surface area (Å²) in [6.07, 6.45) is -0.0895. The van der Waals surface area contributed by atoms with E-state index in [9.17, 15) is 4.79 Å². The quantitative estimate of drug-likeness (QED) is 0.806. The first-order chi connectivity index (χ1) is 10.8. The zero-order valence-electron chi connectivity index (χ0n) is 14.6. The van der Waals surface area contributed by atoms with Gasteiger partial charge in [-0.15, -0.1) is 0 Å². The molecule has 5 nitrogen and oxygen atoms in total. The third-order valence-electron chi connectivity index (χ3n) is 2.97. The molecule has 0 bridgehead atoms. The van der Waals surface area contributed by atoms with Crippen LogP contribution in [0.3, 0.4) is 0 Å². The van der Waals surface area contributed by atoms with E-state index in [0.717, 1.165) is 10.9 Å². The van der Waals surface area contributed by atoms with Gasteiger partial charge < -0.3 is 19.2 Å². The SMILES string of the molecule is CC(C)OC(=O)c1cc2c(OC(C)C)cc(OC(C)C)cc2[nH]1. The maximum absolute atomic E-state index is 12.1. The number of fused-ring (bicyclic) bond motifs is 1. The summed E-state index contributed by atoms with van der Waals surface area (Å²) in [7, 11) is 0. The second-order valence-corrected chi connectivity index (χ2v) is 6.35. The summed E-state index contributed by atoms with van der Waals surface area (Å²) >= 11 is 0. The van der Waals surface area contributed by atoms with Crippen molar-refractivity contribution in [2.24, 2.45) is 0 Å². The van der Waals surface area contributed by atoms with Gasteiger partial charge in [-0.25, -0.2) is 4.79 Å². The van der Waals surface area contributed by atoms with Crippen LogP contribution < -0.4 is 9.47 Å². The predicted molar refractivity (Wildman–Crippen MR) is 90.4 cm³/mol. The Labute approximate surface area is 136 Å². The average molecular weight is 319 g/mol. The molecule has 0 spiro atoms. The number of nitrogens with one attached hydrogen (secondary N) is 1. The Morgan fingerprint density at radius 1 is 0.913 bits per heavy atom. The van der Waals surface area contributed by atoms with Crippen LogP contribution in [0.4, 0.5) is 0 Å². The van der Waals surface area contributed by atoms with Crippen LogP contribution in [-0.2, 0) is 4.74 Å². The fourth-order valence-corrected chi connectivity index (χ4v) is 2.26. The van der Waals surface area contributed by atoms with Gasteiger partial charge in [0.2, 0.25) is 0 Å². The van der Waals surface area contributed by atoms with Crippen LogP contribution in [0.25, 0.3) is 10.9 Å². The lowest BCUT2D eigenvalue weighted by Gasteiger charge is -2.14. The fourth-order valence-electron chi connectivity index (χ4n) is 2.26. The highest BCUT2D eigenvalue weighted by atomic mass is 16.5. The van der Waals surface area contributed by atoms with Crippen LogP contribution in [0, 0.1) is 0 Å². The summed E-state index contributed by atoms with van der Waals surface area (Å²) < 4.78 is 16.9. The van der Waals surface area contributed by atoms with Gasteiger partial charge in [-0.2, -0.15) is 0 Å². The van der Waals surface area contributed by atoms with Gasteiger partial charge in [0.1, 0.15) is 17.2 Å². The van der Waals surface area contributed by atoms with Gasteiger partial charge in [-0.3, -0.25) is 0 Å². The predicted octanol–water partition coefficient (Wildman–Crippen LogP) is 4.31. The number of benzene rings is 1. The minimum absolute atomic E-state index is 0.0217. The summed E-state index contributed by atoms with van der Waals surface area (Å²) in [5, 5.41) is 0.838. The van der Waals surface area contributed by atoms with Crippen molar-refractivity contribution in [2.75, 3.05) is 0 Å². The smallest absolute Gasteiger partial charge is 0.355 e. The minimum atomic E-state index is -0.377. The van der Waals surface area contributed by atoms with Gasteiger partial charge in [0.15, 0.2) is 0 Å². The maximum Gasteiger partial charge on any atom is 0.355 e. The summed E-state index contributed by atoms with van der Waals surface area (Å²) in [6.45, 7) is 11.5. The molecule has 5 heteroatoms. The van der Waals surface area contributed by atoms with E-state index < -0.39 is 0 Å². The number of hydrogen-bond acceptors (Lipinski definition) is 4. The number of carbonyl (C=O) groups excluding carboxylic acids is 1. The van der Waals surface area contributed by atoms with E-state index >= 15 is 0 Å². The molecule has 0 saturated carbocycles. The van der Waals surface area contributed by atoms with Gasteiger partial charge in [0, 0.05) is 17.5 Å². The number of hydrogen-bond donors (Lipinski definition) is 1. The van der Waals surface area contributed by atoms with Crippen LogP contribution >= 0.6 is 0 Å². The first-order valence-corrected chi connectivity index (χ1v) is 7.97. The Morgan fingerprint density at radius 2 is 1.57 bits per heavy atom. The zero-order valence-corrected chi connectivity index (χ0v) is 14.6. The third kappa shape index (κ3) is 4.41. The Bertz CT molecular complexity index is 686. The highest BCUT2D eigenvalue weighted by molar-refractivity contribution is 5.97. The molecule has 126 valence electrons. The van der Waals surface area contributed by atoms with Crippen molar-refractivity contribution >= 4 is 16.9 Å². The second kappa shape index (κ2) is 6.94. The van der Waals surface area contributed by atoms with E-state index in [1.165, 1.54) is 0 Å². The minimum Gasteiger partial charge on any atom is -0.491 e. The number of aromatic amines is 1. The normalized spacial score (nSPS) is 11.5. The number of esters is 1. The standard InChI is InChI=1S/C18H25NO4/c1-10(2)21-13-7-15-14(17(8-13)22-11(3)4)9-16(19-15)18(20)23-12(5)6/h7-12,19H,1-6H3. The molecule has 0 amide bonds. The van der Waals surface area contributed by atoms with Crippen LogP contribution in [-0.4, -0.2) is 29.3 Å². The fraction of sp³-hybridized carbons (Fsp3) is 0.500. The molecule has 1 aromatic carbocycles. The highest BCUT2D eigenvalue weighted by Gasteiger charge is 2.17. The molecule has 0 aliphatic rings. The van der Waals surface area contributed by atoms with Crippen LogP contribution in [0.2, 0.25) is 0 Å². The molecule has 1 N–H and O–H groups in total. The Hall–Kier alpha value is -2.17. The molecule has 0 saturated heterocycles. The van der Waals surface area contributed by atoms with Crippen molar-refractivity contribution in [2.45, 2.75) is 59.9 Å². The molecular formula is C18H25NO4. The lowest BCUT2D eigenvalue weighted by Crippen LogP contribution is -2.11. The Balaban J connectivity index is 2.46. The molecule has 0 atom stereocenters. The van der Waals surface area contributed by atoms with Crippen LogP contribution in [0.5, 0.6) is 11.5 Å². The summed E-state index contributed by atoms with van der Waals surface area (Å²) in [4.78, 5) is 15.2. The monoisotopic (exact) mass is 319 g/mol. The van der Waals surface area contributed by atoms with E-state index in [1.54, 1.807) is 6.07 Å². The number of aromatic nitrogens is 1. The Kier molecular flexibility index (Phi) is 5.19. The van der Waals surface area contributed by atoms with E-state index in [-0.39, 0.29) is 24.3 Å². The molecular weight excluding hydrogens is 294 g/mol.